The predicted octanol–water partition coefficient (Wildman–Crippen LogP) is 2.59. The number of aryl methyl sites for hydroxylation is 1. The maximum absolute atomic E-state index is 12.1. The van der Waals surface area contributed by atoms with E-state index in [1.54, 1.807) is 6.92 Å². The van der Waals surface area contributed by atoms with E-state index >= 15 is 0 Å². The van der Waals surface area contributed by atoms with Gasteiger partial charge >= 0.3 is 5.63 Å². The number of fused-ring (bicyclic) bond motifs is 1. The standard InChI is InChI=1S/C16H12O6/c1-7-10-5-9(17)6-13(20)14(10)16(21)22-15(7)8-2-3-11(18)12(19)4-8/h2-6,17-20H,1H3. The van der Waals surface area contributed by atoms with E-state index in [1.165, 1.54) is 24.3 Å². The Kier molecular flexibility index (Phi) is 2.95. The summed E-state index contributed by atoms with van der Waals surface area (Å²) in [4.78, 5) is 12.1. The van der Waals surface area contributed by atoms with E-state index in [4.69, 9.17) is 4.42 Å². The maximum atomic E-state index is 12.1. The van der Waals surface area contributed by atoms with Crippen molar-refractivity contribution >= 4 is 10.8 Å². The first-order chi connectivity index (χ1) is 10.4. The van der Waals surface area contributed by atoms with Gasteiger partial charge in [-0.1, -0.05) is 0 Å². The fraction of sp³-hybridized carbons (Fsp3) is 0.0625. The van der Waals surface area contributed by atoms with Crippen molar-refractivity contribution in [3.05, 3.63) is 46.3 Å². The summed E-state index contributed by atoms with van der Waals surface area (Å²) in [6.07, 6.45) is 0. The zero-order chi connectivity index (χ0) is 16.0. The van der Waals surface area contributed by atoms with Crippen molar-refractivity contribution in [3.8, 4) is 34.3 Å². The minimum absolute atomic E-state index is 0.0259. The quantitative estimate of drug-likeness (QED) is 0.514. The van der Waals surface area contributed by atoms with E-state index in [0.29, 0.717) is 16.5 Å². The highest BCUT2D eigenvalue weighted by molar-refractivity contribution is 5.93. The highest BCUT2D eigenvalue weighted by Crippen LogP contribution is 2.36. The Morgan fingerprint density at radius 3 is 2.32 bits per heavy atom. The first kappa shape index (κ1) is 13.8. The van der Waals surface area contributed by atoms with E-state index in [-0.39, 0.29) is 34.1 Å². The molecule has 2 aromatic carbocycles. The Balaban J connectivity index is 2.39. The van der Waals surface area contributed by atoms with Crippen molar-refractivity contribution < 1.29 is 24.8 Å². The molecule has 0 atom stereocenters. The zero-order valence-electron chi connectivity index (χ0n) is 11.5. The summed E-state index contributed by atoms with van der Waals surface area (Å²) in [7, 11) is 0. The second kappa shape index (κ2) is 4.70. The molecule has 0 bridgehead atoms. The average molecular weight is 300 g/mol. The molecular formula is C16H12O6. The monoisotopic (exact) mass is 300 g/mol. The molecule has 0 saturated heterocycles. The summed E-state index contributed by atoms with van der Waals surface area (Å²) in [6.45, 7) is 1.66. The van der Waals surface area contributed by atoms with Crippen LogP contribution in [0.1, 0.15) is 5.56 Å². The van der Waals surface area contributed by atoms with Gasteiger partial charge in [0, 0.05) is 22.6 Å². The fourth-order valence-electron chi connectivity index (χ4n) is 2.40. The summed E-state index contributed by atoms with van der Waals surface area (Å²) in [5.41, 5.74) is 0.126. The third-order valence-electron chi connectivity index (χ3n) is 3.48. The average Bonchev–Trinajstić information content (AvgIpc) is 2.45. The van der Waals surface area contributed by atoms with Crippen LogP contribution in [0.3, 0.4) is 0 Å². The van der Waals surface area contributed by atoms with Gasteiger partial charge in [-0.2, -0.15) is 0 Å². The van der Waals surface area contributed by atoms with Crippen LogP contribution in [0, 0.1) is 6.92 Å². The molecule has 6 heteroatoms. The number of hydrogen-bond acceptors (Lipinski definition) is 6. The minimum Gasteiger partial charge on any atom is -0.508 e. The molecule has 0 unspecified atom stereocenters. The van der Waals surface area contributed by atoms with Gasteiger partial charge in [-0.3, -0.25) is 0 Å². The largest absolute Gasteiger partial charge is 0.508 e. The second-order valence-corrected chi connectivity index (χ2v) is 4.93. The normalized spacial score (nSPS) is 11.0. The summed E-state index contributed by atoms with van der Waals surface area (Å²) in [5, 5.41) is 38.7. The Bertz CT molecular complexity index is 955. The Morgan fingerprint density at radius 1 is 0.909 bits per heavy atom. The lowest BCUT2D eigenvalue weighted by Gasteiger charge is -2.10. The van der Waals surface area contributed by atoms with Gasteiger partial charge in [0.15, 0.2) is 11.5 Å². The van der Waals surface area contributed by atoms with Crippen molar-refractivity contribution in [2.24, 2.45) is 0 Å². The number of phenolic OH excluding ortho intramolecular Hbond substituents is 4. The van der Waals surface area contributed by atoms with E-state index in [2.05, 4.69) is 0 Å². The fourth-order valence-corrected chi connectivity index (χ4v) is 2.40. The molecule has 0 fully saturated rings. The first-order valence-electron chi connectivity index (χ1n) is 6.40. The highest BCUT2D eigenvalue weighted by Gasteiger charge is 2.17. The molecule has 4 N–H and O–H groups in total. The summed E-state index contributed by atoms with van der Waals surface area (Å²) >= 11 is 0. The van der Waals surface area contributed by atoms with E-state index in [9.17, 15) is 25.2 Å². The van der Waals surface area contributed by atoms with Gasteiger partial charge in [-0.25, -0.2) is 4.79 Å². The molecule has 0 radical (unpaired) electrons. The first-order valence-corrected chi connectivity index (χ1v) is 6.40. The molecule has 0 aliphatic rings. The lowest BCUT2D eigenvalue weighted by atomic mass is 10.0. The van der Waals surface area contributed by atoms with Gasteiger partial charge < -0.3 is 24.8 Å². The third-order valence-corrected chi connectivity index (χ3v) is 3.48. The second-order valence-electron chi connectivity index (χ2n) is 4.93. The van der Waals surface area contributed by atoms with E-state index in [1.807, 2.05) is 0 Å². The van der Waals surface area contributed by atoms with Gasteiger partial charge in [-0.05, 0) is 31.2 Å². The molecular weight excluding hydrogens is 288 g/mol. The molecule has 0 aliphatic heterocycles. The zero-order valence-corrected chi connectivity index (χ0v) is 11.5. The molecule has 0 saturated carbocycles. The summed E-state index contributed by atoms with van der Waals surface area (Å²) < 4.78 is 5.23. The molecule has 1 aromatic heterocycles. The van der Waals surface area contributed by atoms with Crippen LogP contribution in [0.4, 0.5) is 0 Å². The number of hydrogen-bond donors (Lipinski definition) is 4. The van der Waals surface area contributed by atoms with Crippen molar-refractivity contribution in [3.63, 3.8) is 0 Å². The molecule has 22 heavy (non-hydrogen) atoms. The Hall–Kier alpha value is -3.15. The van der Waals surface area contributed by atoms with Gasteiger partial charge in [0.1, 0.15) is 22.6 Å². The van der Waals surface area contributed by atoms with Gasteiger partial charge in [0.05, 0.1) is 0 Å². The molecule has 6 nitrogen and oxygen atoms in total. The molecule has 3 rings (SSSR count). The lowest BCUT2D eigenvalue weighted by Crippen LogP contribution is -2.03. The predicted molar refractivity (Wildman–Crippen MR) is 79.3 cm³/mol. The van der Waals surface area contributed by atoms with Crippen LogP contribution in [0.25, 0.3) is 22.1 Å². The van der Waals surface area contributed by atoms with Crippen molar-refractivity contribution in [1.82, 2.24) is 0 Å². The van der Waals surface area contributed by atoms with Crippen molar-refractivity contribution in [2.45, 2.75) is 6.92 Å². The van der Waals surface area contributed by atoms with Gasteiger partial charge in [0.25, 0.3) is 0 Å². The van der Waals surface area contributed by atoms with E-state index < -0.39 is 5.63 Å². The van der Waals surface area contributed by atoms with Crippen LogP contribution < -0.4 is 5.63 Å². The van der Waals surface area contributed by atoms with Crippen LogP contribution >= 0.6 is 0 Å². The number of aromatic hydroxyl groups is 4. The van der Waals surface area contributed by atoms with Crippen LogP contribution in [-0.4, -0.2) is 20.4 Å². The molecule has 1 heterocycles. The van der Waals surface area contributed by atoms with Crippen LogP contribution in [0.15, 0.2) is 39.5 Å². The van der Waals surface area contributed by atoms with Crippen LogP contribution in [0.2, 0.25) is 0 Å². The Morgan fingerprint density at radius 2 is 1.64 bits per heavy atom. The maximum Gasteiger partial charge on any atom is 0.347 e. The summed E-state index contributed by atoms with van der Waals surface area (Å²) in [5.74, 6) is -1.01. The Labute approximate surface area is 124 Å². The van der Waals surface area contributed by atoms with Gasteiger partial charge in [-0.15, -0.1) is 0 Å². The van der Waals surface area contributed by atoms with Crippen molar-refractivity contribution in [1.29, 1.82) is 0 Å². The topological polar surface area (TPSA) is 111 Å². The molecule has 0 aliphatic carbocycles. The summed E-state index contributed by atoms with van der Waals surface area (Å²) in [6, 6.07) is 6.42. The third kappa shape index (κ3) is 2.01. The smallest absolute Gasteiger partial charge is 0.347 e. The molecule has 3 aromatic rings. The SMILES string of the molecule is Cc1c(-c2ccc(O)c(O)c2)oc(=O)c2c(O)cc(O)cc12. The van der Waals surface area contributed by atoms with Crippen LogP contribution in [-0.2, 0) is 0 Å². The lowest BCUT2D eigenvalue weighted by molar-refractivity contribution is 0.403. The van der Waals surface area contributed by atoms with Crippen molar-refractivity contribution in [2.75, 3.05) is 0 Å². The van der Waals surface area contributed by atoms with Crippen LogP contribution in [0.5, 0.6) is 23.0 Å². The van der Waals surface area contributed by atoms with E-state index in [0.717, 1.165) is 6.07 Å². The number of rotatable bonds is 1. The van der Waals surface area contributed by atoms with Gasteiger partial charge in [0.2, 0.25) is 0 Å². The number of phenols is 4. The molecule has 112 valence electrons. The molecule has 0 amide bonds. The molecule has 0 spiro atoms. The minimum atomic E-state index is -0.763. The number of benzene rings is 2. The highest BCUT2D eigenvalue weighted by atomic mass is 16.4.